The molecule has 6 atom stereocenters. The number of anilines is 1. The van der Waals surface area contributed by atoms with Gasteiger partial charge in [0.15, 0.2) is 17.3 Å². The molecule has 0 unspecified atom stereocenters. The summed E-state index contributed by atoms with van der Waals surface area (Å²) in [6.45, 7) is 0.879. The quantitative estimate of drug-likeness (QED) is 0.652. The van der Waals surface area contributed by atoms with Crippen LogP contribution in [0.5, 0.6) is 11.5 Å². The minimum atomic E-state index is -1.50. The van der Waals surface area contributed by atoms with Crippen LogP contribution in [0.4, 0.5) is 5.69 Å². The molecule has 7 heteroatoms. The second kappa shape index (κ2) is 3.77. The highest BCUT2D eigenvalue weighted by molar-refractivity contribution is 6.16. The van der Waals surface area contributed by atoms with Crippen molar-refractivity contribution in [3.63, 3.8) is 0 Å². The molecular formula is C21H20N2O5. The molecule has 4 saturated carbocycles. The van der Waals surface area contributed by atoms with Gasteiger partial charge in [-0.25, -0.2) is 0 Å². The Balaban J connectivity index is 1.54. The van der Waals surface area contributed by atoms with E-state index in [1.54, 1.807) is 0 Å². The summed E-state index contributed by atoms with van der Waals surface area (Å²) < 4.78 is 11.3. The van der Waals surface area contributed by atoms with Crippen LogP contribution in [0.25, 0.3) is 0 Å². The largest absolute Gasteiger partial charge is 0.454 e. The summed E-state index contributed by atoms with van der Waals surface area (Å²) in [6, 6.07) is 3.88. The summed E-state index contributed by atoms with van der Waals surface area (Å²) >= 11 is 0. The number of piperidine rings is 1. The average molecular weight is 380 g/mol. The van der Waals surface area contributed by atoms with E-state index in [2.05, 4.69) is 5.32 Å². The van der Waals surface area contributed by atoms with Crippen molar-refractivity contribution in [1.82, 2.24) is 4.90 Å². The summed E-state index contributed by atoms with van der Waals surface area (Å²) in [5.41, 5.74) is -1.42. The molecule has 8 aliphatic rings. The van der Waals surface area contributed by atoms with E-state index in [1.807, 2.05) is 17.0 Å². The van der Waals surface area contributed by atoms with Gasteiger partial charge in [0.05, 0.1) is 22.7 Å². The third-order valence-electron chi connectivity index (χ3n) is 9.39. The first-order valence-electron chi connectivity index (χ1n) is 10.3. The number of carbonyl (C=O) groups excluding carboxylic acids is 2. The van der Waals surface area contributed by atoms with Crippen LogP contribution in [-0.4, -0.2) is 52.2 Å². The average Bonchev–Trinajstić information content (AvgIpc) is 3.36. The summed E-state index contributed by atoms with van der Waals surface area (Å²) in [7, 11) is 0. The Morgan fingerprint density at radius 3 is 2.96 bits per heavy atom. The number of carbonyl (C=O) groups is 2. The molecule has 6 fully saturated rings. The van der Waals surface area contributed by atoms with Crippen molar-refractivity contribution in [1.29, 1.82) is 0 Å². The fourth-order valence-electron chi connectivity index (χ4n) is 8.86. The molecule has 3 spiro atoms. The number of nitrogens with zero attached hydrogens (tertiary/aromatic N) is 1. The molecule has 2 saturated heterocycles. The number of ether oxygens (including phenoxy) is 2. The van der Waals surface area contributed by atoms with Gasteiger partial charge >= 0.3 is 0 Å². The molecular weight excluding hydrogens is 360 g/mol. The highest BCUT2D eigenvalue weighted by Crippen LogP contribution is 2.81. The highest BCUT2D eigenvalue weighted by Gasteiger charge is 2.93. The van der Waals surface area contributed by atoms with Crippen molar-refractivity contribution in [2.45, 2.75) is 54.7 Å². The van der Waals surface area contributed by atoms with Gasteiger partial charge in [-0.05, 0) is 49.1 Å². The number of hydrogen-bond donors (Lipinski definition) is 2. The third-order valence-corrected chi connectivity index (χ3v) is 9.39. The zero-order chi connectivity index (χ0) is 18.7. The number of aliphatic hydroxyl groups is 1. The van der Waals surface area contributed by atoms with Gasteiger partial charge in [-0.1, -0.05) is 6.07 Å². The van der Waals surface area contributed by atoms with E-state index in [9.17, 15) is 14.7 Å². The Morgan fingerprint density at radius 1 is 1.18 bits per heavy atom. The molecule has 28 heavy (non-hydrogen) atoms. The van der Waals surface area contributed by atoms with Gasteiger partial charge in [-0.15, -0.1) is 0 Å². The first-order valence-corrected chi connectivity index (χ1v) is 10.3. The minimum Gasteiger partial charge on any atom is -0.454 e. The number of nitrogens with one attached hydrogen (secondary N) is 1. The van der Waals surface area contributed by atoms with Gasteiger partial charge in [0.1, 0.15) is 11.5 Å². The van der Waals surface area contributed by atoms with Crippen LogP contribution in [-0.2, 0) is 15.0 Å². The second-order valence-electron chi connectivity index (χ2n) is 9.86. The van der Waals surface area contributed by atoms with Gasteiger partial charge in [0, 0.05) is 6.54 Å². The molecule has 144 valence electrons. The number of amides is 1. The van der Waals surface area contributed by atoms with Crippen molar-refractivity contribution in [2.24, 2.45) is 11.3 Å². The molecule has 7 nitrogen and oxygen atoms in total. The molecule has 4 bridgehead atoms. The lowest BCUT2D eigenvalue weighted by molar-refractivity contribution is -0.191. The molecule has 4 aliphatic carbocycles. The molecule has 4 heterocycles. The maximum atomic E-state index is 13.6. The fourth-order valence-corrected chi connectivity index (χ4v) is 8.86. The summed E-state index contributed by atoms with van der Waals surface area (Å²) in [5, 5.41) is 15.6. The lowest BCUT2D eigenvalue weighted by atomic mass is 9.40. The molecule has 2 N–H and O–H groups in total. The van der Waals surface area contributed by atoms with Crippen molar-refractivity contribution in [2.75, 3.05) is 18.7 Å². The number of rotatable bonds is 0. The van der Waals surface area contributed by atoms with Crippen LogP contribution < -0.4 is 14.8 Å². The Hall–Kier alpha value is -2.28. The lowest BCUT2D eigenvalue weighted by Crippen LogP contribution is -2.80. The van der Waals surface area contributed by atoms with Crippen molar-refractivity contribution in [3.05, 3.63) is 17.7 Å². The van der Waals surface area contributed by atoms with E-state index in [1.165, 1.54) is 0 Å². The normalized spacial score (nSPS) is 50.1. The zero-order valence-electron chi connectivity index (χ0n) is 15.3. The van der Waals surface area contributed by atoms with Crippen LogP contribution in [0, 0.1) is 11.3 Å². The predicted molar refractivity (Wildman–Crippen MR) is 95.1 cm³/mol. The van der Waals surface area contributed by atoms with Crippen LogP contribution in [0.3, 0.4) is 0 Å². The minimum absolute atomic E-state index is 0.0270. The third kappa shape index (κ3) is 1.02. The van der Waals surface area contributed by atoms with Gasteiger partial charge < -0.3 is 24.8 Å². The molecule has 0 aromatic heterocycles. The van der Waals surface area contributed by atoms with Crippen molar-refractivity contribution < 1.29 is 24.2 Å². The number of benzene rings is 1. The van der Waals surface area contributed by atoms with E-state index in [-0.39, 0.29) is 29.9 Å². The number of fused-ring (bicyclic) bond motifs is 4. The van der Waals surface area contributed by atoms with Crippen LogP contribution >= 0.6 is 0 Å². The first-order chi connectivity index (χ1) is 13.5. The van der Waals surface area contributed by atoms with E-state index < -0.39 is 22.5 Å². The summed E-state index contributed by atoms with van der Waals surface area (Å²) in [5.74, 6) is 0.207. The van der Waals surface area contributed by atoms with Crippen molar-refractivity contribution >= 4 is 17.4 Å². The molecule has 9 rings (SSSR count). The summed E-state index contributed by atoms with van der Waals surface area (Å²) in [6.07, 6.45) is 4.02. The fraction of sp³-hybridized carbons (Fsp3) is 0.619. The maximum absolute atomic E-state index is 13.6. The zero-order valence-corrected chi connectivity index (χ0v) is 15.3. The molecule has 1 aromatic rings. The topological polar surface area (TPSA) is 88.1 Å². The van der Waals surface area contributed by atoms with E-state index >= 15 is 0 Å². The van der Waals surface area contributed by atoms with Crippen LogP contribution in [0.2, 0.25) is 0 Å². The van der Waals surface area contributed by atoms with E-state index in [0.29, 0.717) is 30.9 Å². The molecule has 0 radical (unpaired) electrons. The molecule has 1 aromatic carbocycles. The van der Waals surface area contributed by atoms with Crippen LogP contribution in [0.15, 0.2) is 12.1 Å². The number of Topliss-reactive ketones (excluding diaryl/α,β-unsaturated/α-hetero) is 1. The monoisotopic (exact) mass is 380 g/mol. The lowest BCUT2D eigenvalue weighted by Gasteiger charge is -2.68. The highest BCUT2D eigenvalue weighted by atomic mass is 16.7. The van der Waals surface area contributed by atoms with E-state index in [4.69, 9.17) is 9.47 Å². The smallest absolute Gasteiger partial charge is 0.234 e. The van der Waals surface area contributed by atoms with Gasteiger partial charge in [0.2, 0.25) is 12.7 Å². The van der Waals surface area contributed by atoms with Crippen molar-refractivity contribution in [3.8, 4) is 11.5 Å². The maximum Gasteiger partial charge on any atom is 0.234 e. The summed E-state index contributed by atoms with van der Waals surface area (Å²) in [4.78, 5) is 29.2. The van der Waals surface area contributed by atoms with Gasteiger partial charge in [-0.2, -0.15) is 0 Å². The Labute approximate surface area is 161 Å². The molecule has 1 amide bonds. The first kappa shape index (κ1) is 14.7. The van der Waals surface area contributed by atoms with Gasteiger partial charge in [-0.3, -0.25) is 9.59 Å². The Bertz CT molecular complexity index is 1060. The standard InChI is InChI=1S/C21H20N2O5/c24-15-12-16(25)23-7-1-4-18-5-6-20(19(15,26)8-18)21(12,17(18)23)10-2-3-11-14(13(10)22-20)28-9-27-11/h2-3,12,17,22,26H,1,4-9H2/t12-,17-,18+,19+,20+,21-/m0/s1. The van der Waals surface area contributed by atoms with Gasteiger partial charge in [0.25, 0.3) is 0 Å². The van der Waals surface area contributed by atoms with Crippen LogP contribution in [0.1, 0.15) is 37.7 Å². The predicted octanol–water partition coefficient (Wildman–Crippen LogP) is 0.936. The number of ketones is 1. The second-order valence-corrected chi connectivity index (χ2v) is 9.86. The Morgan fingerprint density at radius 2 is 2.07 bits per heavy atom. The Kier molecular flexibility index (Phi) is 1.98. The SMILES string of the molecule is O=C1[C@@H]2C(=O)[C@]3(O)C[C@]45CCCN1[C@@H]4[C@]21c2ccc4c(c2N[C@@]13CC5)OCO4. The van der Waals surface area contributed by atoms with E-state index in [0.717, 1.165) is 30.5 Å². The molecule has 4 aliphatic heterocycles. The number of hydrogen-bond acceptors (Lipinski definition) is 6.